The van der Waals surface area contributed by atoms with Crippen molar-refractivity contribution in [1.29, 1.82) is 5.26 Å². The fraction of sp³-hybridized carbons (Fsp3) is 0.348. The number of halogens is 1. The van der Waals surface area contributed by atoms with Crippen molar-refractivity contribution in [3.05, 3.63) is 71.0 Å². The lowest BCUT2D eigenvalue weighted by Gasteiger charge is -2.28. The third kappa shape index (κ3) is 4.84. The molecule has 150 valence electrons. The maximum Gasteiger partial charge on any atom is 0.163 e. The zero-order valence-corrected chi connectivity index (χ0v) is 17.5. The number of aromatic nitrogens is 3. The van der Waals surface area contributed by atoms with Crippen LogP contribution in [0.15, 0.2) is 48.5 Å². The molecule has 3 aromatic rings. The molecule has 0 aliphatic carbocycles. The van der Waals surface area contributed by atoms with E-state index in [4.69, 9.17) is 5.26 Å². The number of aryl methyl sites for hydroxylation is 1. The van der Waals surface area contributed by atoms with Crippen LogP contribution in [0.3, 0.4) is 0 Å². The fourth-order valence-electron chi connectivity index (χ4n) is 3.91. The Kier molecular flexibility index (Phi) is 7.03. The van der Waals surface area contributed by atoms with Gasteiger partial charge in [0.25, 0.3) is 0 Å². The van der Waals surface area contributed by atoms with E-state index < -0.39 is 0 Å². The van der Waals surface area contributed by atoms with Crippen LogP contribution < -0.4 is 0 Å². The van der Waals surface area contributed by atoms with Crippen molar-refractivity contribution >= 4 is 12.4 Å². The molecule has 0 fully saturated rings. The van der Waals surface area contributed by atoms with Crippen LogP contribution >= 0.6 is 12.4 Å². The molecular formula is C23H26ClN5. The number of nitriles is 1. The van der Waals surface area contributed by atoms with E-state index in [1.54, 1.807) is 0 Å². The van der Waals surface area contributed by atoms with Gasteiger partial charge < -0.3 is 4.57 Å². The van der Waals surface area contributed by atoms with Gasteiger partial charge in [-0.15, -0.1) is 22.6 Å². The summed E-state index contributed by atoms with van der Waals surface area (Å²) in [6.07, 6.45) is 4.26. The molecule has 2 heterocycles. The van der Waals surface area contributed by atoms with Crippen molar-refractivity contribution in [3.63, 3.8) is 0 Å². The first-order valence-corrected chi connectivity index (χ1v) is 9.92. The molecule has 0 saturated heterocycles. The van der Waals surface area contributed by atoms with Gasteiger partial charge in [-0.05, 0) is 49.1 Å². The van der Waals surface area contributed by atoms with Crippen LogP contribution in [0.5, 0.6) is 0 Å². The molecule has 4 rings (SSSR count). The Hall–Kier alpha value is -2.68. The van der Waals surface area contributed by atoms with E-state index in [0.717, 1.165) is 68.1 Å². The fourth-order valence-corrected chi connectivity index (χ4v) is 3.91. The first kappa shape index (κ1) is 21.0. The van der Waals surface area contributed by atoms with Gasteiger partial charge in [0.2, 0.25) is 0 Å². The monoisotopic (exact) mass is 407 g/mol. The Labute approximate surface area is 178 Å². The van der Waals surface area contributed by atoms with E-state index >= 15 is 0 Å². The molecule has 1 aliphatic rings. The number of benzene rings is 2. The normalized spacial score (nSPS) is 13.4. The zero-order chi connectivity index (χ0) is 19.3. The Morgan fingerprint density at radius 3 is 2.66 bits per heavy atom. The van der Waals surface area contributed by atoms with E-state index in [1.807, 2.05) is 37.4 Å². The highest BCUT2D eigenvalue weighted by Gasteiger charge is 2.16. The molecule has 0 radical (unpaired) electrons. The third-order valence-corrected chi connectivity index (χ3v) is 5.55. The molecule has 0 amide bonds. The van der Waals surface area contributed by atoms with Gasteiger partial charge in [0.05, 0.1) is 11.6 Å². The van der Waals surface area contributed by atoms with Crippen molar-refractivity contribution in [2.45, 2.75) is 32.2 Å². The second-order valence-corrected chi connectivity index (χ2v) is 7.44. The number of nitrogens with zero attached hydrogens (tertiary/aromatic N) is 5. The van der Waals surface area contributed by atoms with Gasteiger partial charge in [-0.2, -0.15) is 5.26 Å². The van der Waals surface area contributed by atoms with Crippen molar-refractivity contribution < 1.29 is 0 Å². The maximum atomic E-state index is 9.11. The summed E-state index contributed by atoms with van der Waals surface area (Å²) in [5, 5.41) is 17.9. The molecule has 1 aromatic heterocycles. The summed E-state index contributed by atoms with van der Waals surface area (Å²) in [6, 6.07) is 18.5. The van der Waals surface area contributed by atoms with Crippen LogP contribution in [0, 0.1) is 11.3 Å². The number of hydrogen-bond acceptors (Lipinski definition) is 4. The quantitative estimate of drug-likeness (QED) is 0.576. The molecule has 6 heteroatoms. The van der Waals surface area contributed by atoms with Gasteiger partial charge in [-0.3, -0.25) is 4.90 Å². The minimum absolute atomic E-state index is 0. The molecule has 5 nitrogen and oxygen atoms in total. The highest BCUT2D eigenvalue weighted by Crippen LogP contribution is 2.21. The van der Waals surface area contributed by atoms with Crippen LogP contribution in [-0.2, 0) is 26.4 Å². The minimum Gasteiger partial charge on any atom is -0.314 e. The second kappa shape index (κ2) is 9.69. The largest absolute Gasteiger partial charge is 0.314 e. The molecule has 29 heavy (non-hydrogen) atoms. The summed E-state index contributed by atoms with van der Waals surface area (Å²) in [7, 11) is 2.05. The molecule has 2 aromatic carbocycles. The minimum atomic E-state index is 0. The number of rotatable bonds is 6. The van der Waals surface area contributed by atoms with Crippen molar-refractivity contribution in [3.8, 4) is 17.5 Å². The van der Waals surface area contributed by atoms with Crippen LogP contribution in [0.2, 0.25) is 0 Å². The lowest BCUT2D eigenvalue weighted by atomic mass is 9.97. The van der Waals surface area contributed by atoms with Crippen LogP contribution in [0.25, 0.3) is 11.4 Å². The predicted octanol–water partition coefficient (Wildman–Crippen LogP) is 4.16. The smallest absolute Gasteiger partial charge is 0.163 e. The summed E-state index contributed by atoms with van der Waals surface area (Å²) in [4.78, 5) is 2.50. The molecule has 0 spiro atoms. The molecule has 0 bridgehead atoms. The average Bonchev–Trinajstić information content (AvgIpc) is 3.11. The van der Waals surface area contributed by atoms with E-state index in [9.17, 15) is 0 Å². The van der Waals surface area contributed by atoms with E-state index in [2.05, 4.69) is 43.9 Å². The molecule has 0 unspecified atom stereocenters. The van der Waals surface area contributed by atoms with Crippen LogP contribution in [0.4, 0.5) is 0 Å². The van der Waals surface area contributed by atoms with Gasteiger partial charge in [-0.25, -0.2) is 0 Å². The Morgan fingerprint density at radius 1 is 1.03 bits per heavy atom. The summed E-state index contributed by atoms with van der Waals surface area (Å²) in [5.41, 5.74) is 4.57. The zero-order valence-electron chi connectivity index (χ0n) is 16.7. The van der Waals surface area contributed by atoms with Crippen molar-refractivity contribution in [2.24, 2.45) is 7.05 Å². The van der Waals surface area contributed by atoms with Gasteiger partial charge in [0.15, 0.2) is 5.82 Å². The summed E-state index contributed by atoms with van der Waals surface area (Å²) in [5.74, 6) is 1.97. The SMILES string of the molecule is Cl.Cn1c(CCCCN2CCc3ccc(C#N)cc3C2)nnc1-c1ccccc1. The lowest BCUT2D eigenvalue weighted by molar-refractivity contribution is 0.249. The van der Waals surface area contributed by atoms with E-state index in [1.165, 1.54) is 11.1 Å². The van der Waals surface area contributed by atoms with Gasteiger partial charge in [0, 0.05) is 32.1 Å². The van der Waals surface area contributed by atoms with Gasteiger partial charge in [0.1, 0.15) is 5.82 Å². The number of fused-ring (bicyclic) bond motifs is 1. The molecule has 1 aliphatic heterocycles. The highest BCUT2D eigenvalue weighted by molar-refractivity contribution is 5.85. The Bertz CT molecular complexity index is 990. The lowest BCUT2D eigenvalue weighted by Crippen LogP contribution is -2.31. The van der Waals surface area contributed by atoms with Gasteiger partial charge >= 0.3 is 0 Å². The Morgan fingerprint density at radius 2 is 1.86 bits per heavy atom. The Balaban J connectivity index is 0.00000240. The summed E-state index contributed by atoms with van der Waals surface area (Å²) < 4.78 is 2.11. The predicted molar refractivity (Wildman–Crippen MR) is 117 cm³/mol. The van der Waals surface area contributed by atoms with E-state index in [-0.39, 0.29) is 12.4 Å². The van der Waals surface area contributed by atoms with Crippen molar-refractivity contribution in [1.82, 2.24) is 19.7 Å². The third-order valence-electron chi connectivity index (χ3n) is 5.55. The number of hydrogen-bond donors (Lipinski definition) is 0. The van der Waals surface area contributed by atoms with Crippen LogP contribution in [-0.4, -0.2) is 32.8 Å². The number of unbranched alkanes of at least 4 members (excludes halogenated alkanes) is 1. The topological polar surface area (TPSA) is 57.7 Å². The van der Waals surface area contributed by atoms with Crippen LogP contribution in [0.1, 0.15) is 35.4 Å². The molecule has 0 N–H and O–H groups in total. The first-order chi connectivity index (χ1) is 13.7. The average molecular weight is 408 g/mol. The van der Waals surface area contributed by atoms with E-state index in [0.29, 0.717) is 0 Å². The second-order valence-electron chi connectivity index (χ2n) is 7.44. The summed E-state index contributed by atoms with van der Waals surface area (Å²) >= 11 is 0. The first-order valence-electron chi connectivity index (χ1n) is 9.92. The summed E-state index contributed by atoms with van der Waals surface area (Å²) in [6.45, 7) is 3.13. The molecular weight excluding hydrogens is 382 g/mol. The molecule has 0 atom stereocenters. The van der Waals surface area contributed by atoms with Crippen molar-refractivity contribution in [2.75, 3.05) is 13.1 Å². The maximum absolute atomic E-state index is 9.11. The van der Waals surface area contributed by atoms with Gasteiger partial charge in [-0.1, -0.05) is 36.4 Å². The molecule has 0 saturated carbocycles. The highest BCUT2D eigenvalue weighted by atomic mass is 35.5. The standard InChI is InChI=1S/C23H25N5.ClH/c1-27-22(25-26-23(27)20-7-3-2-4-8-20)9-5-6-13-28-14-12-19-11-10-18(16-24)15-21(19)17-28;/h2-4,7-8,10-11,15H,5-6,9,12-14,17H2,1H3;1H.